The summed E-state index contributed by atoms with van der Waals surface area (Å²) in [6.45, 7) is 5.64. The first-order chi connectivity index (χ1) is 21.2. The van der Waals surface area contributed by atoms with E-state index in [1.54, 1.807) is 26.8 Å². The number of piperidine rings is 2. The predicted octanol–water partition coefficient (Wildman–Crippen LogP) is 5.85. The summed E-state index contributed by atoms with van der Waals surface area (Å²) in [5.41, 5.74) is -1.52. The Bertz CT molecular complexity index is 1660. The van der Waals surface area contributed by atoms with Crippen molar-refractivity contribution in [1.29, 1.82) is 10.5 Å². The number of hydrogen-bond acceptors (Lipinski definition) is 7. The van der Waals surface area contributed by atoms with Gasteiger partial charge in [0.25, 0.3) is 0 Å². The zero-order chi connectivity index (χ0) is 32.9. The molecule has 0 spiro atoms. The number of rotatable bonds is 6. The quantitative estimate of drug-likeness (QED) is 0.376. The Kier molecular flexibility index (Phi) is 11.1. The molecule has 14 heteroatoms. The molecule has 8 nitrogen and oxygen atoms in total. The number of ether oxygens (including phenoxy) is 1. The van der Waals surface area contributed by atoms with Gasteiger partial charge in [-0.15, -0.1) is 24.8 Å². The molecule has 0 radical (unpaired) electrons. The normalized spacial score (nSPS) is 27.6. The average Bonchev–Trinajstić information content (AvgIpc) is 3.80. The molecule has 2 aromatic rings. The first kappa shape index (κ1) is 37.7. The van der Waals surface area contributed by atoms with Gasteiger partial charge in [-0.1, -0.05) is 0 Å². The van der Waals surface area contributed by atoms with Gasteiger partial charge in [0.1, 0.15) is 28.9 Å². The number of nitriles is 2. The van der Waals surface area contributed by atoms with E-state index in [1.807, 2.05) is 6.07 Å². The number of carbonyl (C=O) groups is 3. The monoisotopic (exact) mass is 696 g/mol. The molecular formula is C33H34Cl2F4N4O4. The molecule has 6 rings (SSSR count). The number of amides is 1. The third kappa shape index (κ3) is 7.11. The van der Waals surface area contributed by atoms with E-state index in [9.17, 15) is 31.9 Å². The Labute approximate surface area is 282 Å². The SMILES string of the molecule is CC(C)(C)OC(=O)N1C[C@@]2(c3cc(F)ccc3F)C[C@H]2C1C(=O)CC#N.Cl.Cl.N#CCC(=O)C1NC[C@@]2(c3cc(F)ccc3F)C[C@@H]12. The van der Waals surface area contributed by atoms with Crippen molar-refractivity contribution >= 4 is 42.5 Å². The van der Waals surface area contributed by atoms with Crippen LogP contribution in [0.5, 0.6) is 0 Å². The van der Waals surface area contributed by atoms with Crippen LogP contribution in [0, 0.1) is 57.8 Å². The summed E-state index contributed by atoms with van der Waals surface area (Å²) in [4.78, 5) is 38.0. The molecule has 1 N–H and O–H groups in total. The first-order valence-corrected chi connectivity index (χ1v) is 14.6. The number of hydrogen-bond donors (Lipinski definition) is 1. The van der Waals surface area contributed by atoms with Crippen molar-refractivity contribution in [3.05, 3.63) is 70.8 Å². The molecular weight excluding hydrogens is 663 g/mol. The number of halogens is 6. The highest BCUT2D eigenvalue weighted by Crippen LogP contribution is 2.63. The maximum Gasteiger partial charge on any atom is 0.410 e. The van der Waals surface area contributed by atoms with Gasteiger partial charge in [-0.3, -0.25) is 14.5 Å². The molecule has 2 aromatic carbocycles. The predicted molar refractivity (Wildman–Crippen MR) is 166 cm³/mol. The Morgan fingerprint density at radius 1 is 0.872 bits per heavy atom. The summed E-state index contributed by atoms with van der Waals surface area (Å²) in [6, 6.07) is 9.02. The number of ketones is 2. The lowest BCUT2D eigenvalue weighted by atomic mass is 9.93. The maximum absolute atomic E-state index is 14.3. The van der Waals surface area contributed by atoms with Gasteiger partial charge >= 0.3 is 6.09 Å². The largest absolute Gasteiger partial charge is 0.444 e. The van der Waals surface area contributed by atoms with Crippen LogP contribution in [0.4, 0.5) is 22.4 Å². The fourth-order valence-corrected chi connectivity index (χ4v) is 7.12. The van der Waals surface area contributed by atoms with Crippen LogP contribution in [0.2, 0.25) is 0 Å². The minimum atomic E-state index is -0.854. The van der Waals surface area contributed by atoms with Gasteiger partial charge in [-0.2, -0.15) is 10.5 Å². The van der Waals surface area contributed by atoms with Crippen molar-refractivity contribution in [3.8, 4) is 12.1 Å². The topological polar surface area (TPSA) is 123 Å². The Morgan fingerprint density at radius 3 is 1.89 bits per heavy atom. The fraction of sp³-hybridized carbons (Fsp3) is 0.485. The molecule has 2 saturated heterocycles. The highest BCUT2D eigenvalue weighted by atomic mass is 35.5. The van der Waals surface area contributed by atoms with Crippen molar-refractivity contribution < 1.29 is 36.7 Å². The number of nitrogens with zero attached hydrogens (tertiary/aromatic N) is 3. The van der Waals surface area contributed by atoms with Crippen LogP contribution in [0.3, 0.4) is 0 Å². The van der Waals surface area contributed by atoms with E-state index >= 15 is 0 Å². The lowest BCUT2D eigenvalue weighted by molar-refractivity contribution is -0.123. The van der Waals surface area contributed by atoms with Crippen LogP contribution in [0.15, 0.2) is 36.4 Å². The Balaban J connectivity index is 0.000000255. The third-order valence-electron chi connectivity index (χ3n) is 9.22. The van der Waals surface area contributed by atoms with Gasteiger partial charge in [-0.05, 0) is 93.0 Å². The van der Waals surface area contributed by atoms with Crippen LogP contribution >= 0.6 is 24.8 Å². The zero-order valence-corrected chi connectivity index (χ0v) is 27.5. The molecule has 1 amide bonds. The second-order valence-electron chi connectivity index (χ2n) is 13.2. The van der Waals surface area contributed by atoms with E-state index in [-0.39, 0.29) is 67.4 Å². The second-order valence-corrected chi connectivity index (χ2v) is 13.2. The number of nitrogens with one attached hydrogen (secondary N) is 1. The molecule has 2 aliphatic carbocycles. The number of likely N-dealkylation sites (tertiary alicyclic amines) is 1. The summed E-state index contributed by atoms with van der Waals surface area (Å²) >= 11 is 0. The van der Waals surface area contributed by atoms with E-state index in [0.29, 0.717) is 24.9 Å². The molecule has 4 fully saturated rings. The Morgan fingerprint density at radius 2 is 1.38 bits per heavy atom. The number of fused-ring (bicyclic) bond motifs is 2. The molecule has 2 saturated carbocycles. The van der Waals surface area contributed by atoms with Gasteiger partial charge in [-0.25, -0.2) is 22.4 Å². The zero-order valence-electron chi connectivity index (χ0n) is 25.8. The molecule has 6 atom stereocenters. The average molecular weight is 698 g/mol. The standard InChI is InChI=1S/C19H20F2N2O3.C14H12F2N2O.2ClH/c1-18(2,3)26-17(25)23-10-19(12-8-11(20)4-5-14(12)21)9-13(19)16(23)15(24)6-7-22;15-8-1-2-11(16)9(5-8)14-6-10(14)13(18-7-14)12(19)3-4-17;;/h4-5,8,13,16H,6,9-10H2,1-3H3;1-2,5,10,13,18H,3,6-7H2;2*1H/t13-,16?,19+;10-,13?,14+;;/m00../s1. The van der Waals surface area contributed by atoms with Gasteiger partial charge in [0.15, 0.2) is 11.6 Å². The molecule has 2 unspecified atom stereocenters. The van der Waals surface area contributed by atoms with Crippen molar-refractivity contribution in [2.75, 3.05) is 13.1 Å². The van der Waals surface area contributed by atoms with Crippen LogP contribution < -0.4 is 5.32 Å². The number of benzene rings is 2. The number of Topliss-reactive ketones (excluding diaryl/α,β-unsaturated/α-hetero) is 2. The van der Waals surface area contributed by atoms with Crippen molar-refractivity contribution in [1.82, 2.24) is 10.2 Å². The molecule has 4 aliphatic rings. The minimum absolute atomic E-state index is 0. The summed E-state index contributed by atoms with van der Waals surface area (Å²) in [5, 5.41) is 20.4. The third-order valence-corrected chi connectivity index (χ3v) is 9.22. The lowest BCUT2D eigenvalue weighted by Gasteiger charge is -2.30. The fourth-order valence-electron chi connectivity index (χ4n) is 7.12. The molecule has 0 bridgehead atoms. The van der Waals surface area contributed by atoms with E-state index in [0.717, 1.165) is 30.3 Å². The van der Waals surface area contributed by atoms with Gasteiger partial charge < -0.3 is 10.1 Å². The maximum atomic E-state index is 14.3. The molecule has 252 valence electrons. The molecule has 2 aliphatic heterocycles. The van der Waals surface area contributed by atoms with E-state index in [2.05, 4.69) is 5.32 Å². The first-order valence-electron chi connectivity index (χ1n) is 14.6. The van der Waals surface area contributed by atoms with E-state index in [4.69, 9.17) is 15.3 Å². The smallest absolute Gasteiger partial charge is 0.410 e. The lowest BCUT2D eigenvalue weighted by Crippen LogP contribution is -2.46. The van der Waals surface area contributed by atoms with Crippen molar-refractivity contribution in [3.63, 3.8) is 0 Å². The van der Waals surface area contributed by atoms with Crippen molar-refractivity contribution in [2.24, 2.45) is 11.8 Å². The van der Waals surface area contributed by atoms with Crippen LogP contribution in [0.1, 0.15) is 57.6 Å². The Hall–Kier alpha value is -3.71. The highest BCUT2D eigenvalue weighted by molar-refractivity contribution is 5.91. The van der Waals surface area contributed by atoms with Gasteiger partial charge in [0.05, 0.1) is 37.1 Å². The van der Waals surface area contributed by atoms with Crippen LogP contribution in [-0.2, 0) is 25.2 Å². The summed E-state index contributed by atoms with van der Waals surface area (Å²) in [6.07, 6.45) is -0.0356. The molecule has 2 heterocycles. The van der Waals surface area contributed by atoms with E-state index in [1.165, 1.54) is 11.0 Å². The van der Waals surface area contributed by atoms with Crippen LogP contribution in [0.25, 0.3) is 0 Å². The van der Waals surface area contributed by atoms with Gasteiger partial charge in [0.2, 0.25) is 0 Å². The second kappa shape index (κ2) is 13.8. The summed E-state index contributed by atoms with van der Waals surface area (Å²) in [5.74, 6) is -2.97. The number of carbonyl (C=O) groups excluding carboxylic acids is 3. The van der Waals surface area contributed by atoms with E-state index < -0.39 is 63.7 Å². The van der Waals surface area contributed by atoms with Gasteiger partial charge in [0, 0.05) is 23.9 Å². The minimum Gasteiger partial charge on any atom is -0.444 e. The summed E-state index contributed by atoms with van der Waals surface area (Å²) in [7, 11) is 0. The molecule has 0 aromatic heterocycles. The van der Waals surface area contributed by atoms with Crippen molar-refractivity contribution in [2.45, 2.75) is 75.0 Å². The molecule has 47 heavy (non-hydrogen) atoms. The highest BCUT2D eigenvalue weighted by Gasteiger charge is 2.69. The summed E-state index contributed by atoms with van der Waals surface area (Å²) < 4.78 is 60.5. The van der Waals surface area contributed by atoms with Crippen LogP contribution in [-0.4, -0.2) is 53.3 Å².